The second-order valence-electron chi connectivity index (χ2n) is 5.96. The molecule has 2 aliphatic rings. The van der Waals surface area contributed by atoms with Gasteiger partial charge in [-0.15, -0.1) is 12.4 Å². The minimum Gasteiger partial charge on any atom is -0.445 e. The fourth-order valence-corrected chi connectivity index (χ4v) is 3.27. The van der Waals surface area contributed by atoms with Crippen LogP contribution < -0.4 is 5.32 Å². The molecule has 0 saturated carbocycles. The highest BCUT2D eigenvalue weighted by Gasteiger charge is 2.40. The van der Waals surface area contributed by atoms with Crippen molar-refractivity contribution in [2.24, 2.45) is 5.41 Å². The molecule has 1 N–H and O–H groups in total. The Bertz CT molecular complexity index is 461. The van der Waals surface area contributed by atoms with Crippen LogP contribution in [0.4, 0.5) is 4.79 Å². The van der Waals surface area contributed by atoms with Crippen molar-refractivity contribution in [3.05, 3.63) is 35.9 Å². The molecule has 4 nitrogen and oxygen atoms in total. The fourth-order valence-electron chi connectivity index (χ4n) is 3.27. The summed E-state index contributed by atoms with van der Waals surface area (Å²) in [4.78, 5) is 14.0. The van der Waals surface area contributed by atoms with Crippen LogP contribution in [0.25, 0.3) is 0 Å². The van der Waals surface area contributed by atoms with Crippen LogP contribution in [0, 0.1) is 5.41 Å². The zero-order valence-electron chi connectivity index (χ0n) is 12.2. The van der Waals surface area contributed by atoms with Crippen LogP contribution in [0.1, 0.15) is 24.8 Å². The van der Waals surface area contributed by atoms with E-state index in [-0.39, 0.29) is 18.5 Å². The quantitative estimate of drug-likeness (QED) is 0.913. The van der Waals surface area contributed by atoms with E-state index in [2.05, 4.69) is 5.32 Å². The molecule has 1 aromatic carbocycles. The standard InChI is InChI=1S/C16H22N2O2.ClH/c19-15(20-12-14-4-2-1-3-5-14)18-11-8-16(13-18)6-9-17-10-7-16;/h1-5,17H,6-13H2;1H. The van der Waals surface area contributed by atoms with Crippen LogP contribution in [-0.2, 0) is 11.3 Å². The van der Waals surface area contributed by atoms with Crippen LogP contribution >= 0.6 is 12.4 Å². The average Bonchev–Trinajstić information content (AvgIpc) is 2.90. The molecule has 0 bridgehead atoms. The maximum atomic E-state index is 12.1. The molecule has 2 aliphatic heterocycles. The van der Waals surface area contributed by atoms with Gasteiger partial charge in [0.25, 0.3) is 0 Å². The van der Waals surface area contributed by atoms with E-state index in [4.69, 9.17) is 4.74 Å². The Morgan fingerprint density at radius 1 is 1.19 bits per heavy atom. The van der Waals surface area contributed by atoms with Crippen LogP contribution in [0.5, 0.6) is 0 Å². The van der Waals surface area contributed by atoms with E-state index in [1.54, 1.807) is 0 Å². The lowest BCUT2D eigenvalue weighted by Crippen LogP contribution is -2.39. The van der Waals surface area contributed by atoms with Crippen molar-refractivity contribution in [2.75, 3.05) is 26.2 Å². The number of nitrogens with one attached hydrogen (secondary N) is 1. The number of likely N-dealkylation sites (tertiary alicyclic amines) is 1. The van der Waals surface area contributed by atoms with Gasteiger partial charge in [-0.1, -0.05) is 30.3 Å². The Morgan fingerprint density at radius 3 is 2.62 bits per heavy atom. The van der Waals surface area contributed by atoms with Crippen molar-refractivity contribution < 1.29 is 9.53 Å². The van der Waals surface area contributed by atoms with E-state index >= 15 is 0 Å². The number of carbonyl (C=O) groups excluding carboxylic acids is 1. The number of hydrogen-bond donors (Lipinski definition) is 1. The second kappa shape index (κ2) is 7.14. The summed E-state index contributed by atoms with van der Waals surface area (Å²) in [5.74, 6) is 0. The molecule has 3 rings (SSSR count). The molecular formula is C16H23ClN2O2. The van der Waals surface area contributed by atoms with Crippen LogP contribution in [-0.4, -0.2) is 37.2 Å². The van der Waals surface area contributed by atoms with Crippen molar-refractivity contribution in [1.29, 1.82) is 0 Å². The molecule has 0 aliphatic carbocycles. The lowest BCUT2D eigenvalue weighted by molar-refractivity contribution is 0.0967. The molecule has 0 aromatic heterocycles. The number of amides is 1. The molecule has 1 aromatic rings. The van der Waals surface area contributed by atoms with Crippen molar-refractivity contribution in [1.82, 2.24) is 10.2 Å². The molecule has 2 saturated heterocycles. The molecule has 1 amide bonds. The normalized spacial score (nSPS) is 20.1. The zero-order chi connectivity index (χ0) is 13.8. The first kappa shape index (κ1) is 16.1. The predicted molar refractivity (Wildman–Crippen MR) is 84.6 cm³/mol. The van der Waals surface area contributed by atoms with Gasteiger partial charge in [0.1, 0.15) is 6.61 Å². The highest BCUT2D eigenvalue weighted by molar-refractivity contribution is 5.85. The largest absolute Gasteiger partial charge is 0.445 e. The molecule has 0 radical (unpaired) electrons. The Kier molecular flexibility index (Phi) is 5.48. The first-order chi connectivity index (χ1) is 9.77. The molecule has 0 atom stereocenters. The van der Waals surface area contributed by atoms with Crippen molar-refractivity contribution in [2.45, 2.75) is 25.9 Å². The highest BCUT2D eigenvalue weighted by Crippen LogP contribution is 2.38. The van der Waals surface area contributed by atoms with Crippen LogP contribution in [0.2, 0.25) is 0 Å². The summed E-state index contributed by atoms with van der Waals surface area (Å²) in [6.45, 7) is 4.22. The van der Waals surface area contributed by atoms with Crippen LogP contribution in [0.15, 0.2) is 30.3 Å². The number of rotatable bonds is 2. The molecule has 0 unspecified atom stereocenters. The van der Waals surface area contributed by atoms with E-state index < -0.39 is 0 Å². The molecule has 2 heterocycles. The number of nitrogens with zero attached hydrogens (tertiary/aromatic N) is 1. The summed E-state index contributed by atoms with van der Waals surface area (Å²) in [6.07, 6.45) is 3.31. The molecule has 21 heavy (non-hydrogen) atoms. The van der Waals surface area contributed by atoms with Gasteiger partial charge in [-0.2, -0.15) is 0 Å². The Labute approximate surface area is 132 Å². The number of hydrogen-bond acceptors (Lipinski definition) is 3. The third kappa shape index (κ3) is 3.89. The zero-order valence-corrected chi connectivity index (χ0v) is 13.0. The lowest BCUT2D eigenvalue weighted by atomic mass is 9.78. The molecule has 116 valence electrons. The highest BCUT2D eigenvalue weighted by atomic mass is 35.5. The van der Waals surface area contributed by atoms with Crippen LogP contribution in [0.3, 0.4) is 0 Å². The number of benzene rings is 1. The lowest BCUT2D eigenvalue weighted by Gasteiger charge is -2.33. The minimum absolute atomic E-state index is 0. The minimum atomic E-state index is -0.163. The summed E-state index contributed by atoms with van der Waals surface area (Å²) >= 11 is 0. The van der Waals surface area contributed by atoms with E-state index in [9.17, 15) is 4.79 Å². The molecule has 1 spiro atoms. The summed E-state index contributed by atoms with van der Waals surface area (Å²) < 4.78 is 5.42. The van der Waals surface area contributed by atoms with Gasteiger partial charge in [0.05, 0.1) is 0 Å². The van der Waals surface area contributed by atoms with Gasteiger partial charge in [0.2, 0.25) is 0 Å². The number of carbonyl (C=O) groups is 1. The second-order valence-corrected chi connectivity index (χ2v) is 5.96. The third-order valence-electron chi connectivity index (χ3n) is 4.57. The van der Waals surface area contributed by atoms with E-state index in [1.165, 1.54) is 12.8 Å². The first-order valence-corrected chi connectivity index (χ1v) is 7.44. The monoisotopic (exact) mass is 310 g/mol. The molecule has 5 heteroatoms. The van der Waals surface area contributed by atoms with Gasteiger partial charge in [-0.05, 0) is 43.3 Å². The number of ether oxygens (including phenoxy) is 1. The average molecular weight is 311 g/mol. The fraction of sp³-hybridized carbons (Fsp3) is 0.562. The third-order valence-corrected chi connectivity index (χ3v) is 4.57. The smallest absolute Gasteiger partial charge is 0.410 e. The molecular weight excluding hydrogens is 288 g/mol. The van der Waals surface area contributed by atoms with Crippen molar-refractivity contribution >= 4 is 18.5 Å². The summed E-state index contributed by atoms with van der Waals surface area (Å²) in [6, 6.07) is 9.84. The maximum Gasteiger partial charge on any atom is 0.410 e. The Balaban J connectivity index is 0.00000161. The van der Waals surface area contributed by atoms with Gasteiger partial charge in [0, 0.05) is 13.1 Å². The van der Waals surface area contributed by atoms with Gasteiger partial charge in [-0.3, -0.25) is 0 Å². The summed E-state index contributed by atoms with van der Waals surface area (Å²) in [5, 5.41) is 3.39. The van der Waals surface area contributed by atoms with Crippen molar-refractivity contribution in [3.63, 3.8) is 0 Å². The van der Waals surface area contributed by atoms with Crippen molar-refractivity contribution in [3.8, 4) is 0 Å². The first-order valence-electron chi connectivity index (χ1n) is 7.44. The topological polar surface area (TPSA) is 41.6 Å². The van der Waals surface area contributed by atoms with E-state index in [1.807, 2.05) is 35.2 Å². The van der Waals surface area contributed by atoms with Gasteiger partial charge in [-0.25, -0.2) is 4.79 Å². The number of halogens is 1. The maximum absolute atomic E-state index is 12.1. The summed E-state index contributed by atoms with van der Waals surface area (Å²) in [7, 11) is 0. The van der Waals surface area contributed by atoms with Gasteiger partial charge >= 0.3 is 6.09 Å². The van der Waals surface area contributed by atoms with E-state index in [0.29, 0.717) is 12.0 Å². The van der Waals surface area contributed by atoms with Gasteiger partial charge in [0.15, 0.2) is 0 Å². The number of piperidine rings is 1. The summed E-state index contributed by atoms with van der Waals surface area (Å²) in [5.41, 5.74) is 1.38. The van der Waals surface area contributed by atoms with E-state index in [0.717, 1.165) is 38.2 Å². The van der Waals surface area contributed by atoms with Gasteiger partial charge < -0.3 is 15.0 Å². The Hall–Kier alpha value is -1.26. The SMILES string of the molecule is Cl.O=C(OCc1ccccc1)N1CCC2(CCNCC2)C1. The molecule has 2 fully saturated rings. The Morgan fingerprint density at radius 2 is 1.90 bits per heavy atom. The predicted octanol–water partition coefficient (Wildman–Crippen LogP) is 2.82.